The summed E-state index contributed by atoms with van der Waals surface area (Å²) in [5.74, 6) is 0. The fraction of sp³-hybridized carbons (Fsp3) is 0.125. The lowest BCUT2D eigenvalue weighted by atomic mass is 10.0. The number of nitrogens with zero attached hydrogens (tertiary/aromatic N) is 2. The summed E-state index contributed by atoms with van der Waals surface area (Å²) < 4.78 is 0. The Kier molecular flexibility index (Phi) is 1.28. The molecule has 2 rings (SSSR count). The molecule has 0 aromatic carbocycles. The van der Waals surface area contributed by atoms with E-state index in [1.165, 1.54) is 6.20 Å². The molecule has 1 aliphatic carbocycles. The summed E-state index contributed by atoms with van der Waals surface area (Å²) in [6.45, 7) is 0. The van der Waals surface area contributed by atoms with Gasteiger partial charge in [0.05, 0.1) is 10.5 Å². The summed E-state index contributed by atoms with van der Waals surface area (Å²) in [5.41, 5.74) is 1.99. The molecule has 0 radical (unpaired) electrons. The second-order valence-electron chi connectivity index (χ2n) is 2.43. The lowest BCUT2D eigenvalue weighted by Gasteiger charge is -2.04. The van der Waals surface area contributed by atoms with E-state index in [2.05, 4.69) is 5.10 Å². The lowest BCUT2D eigenvalue weighted by molar-refractivity contribution is -0.485. The fourth-order valence-corrected chi connectivity index (χ4v) is 1.12. The van der Waals surface area contributed by atoms with E-state index in [1.54, 1.807) is 6.21 Å². The van der Waals surface area contributed by atoms with Gasteiger partial charge in [0.15, 0.2) is 4.87 Å². The highest BCUT2D eigenvalue weighted by molar-refractivity contribution is 5.86. The number of rotatable bonds is 0. The highest BCUT2D eigenvalue weighted by Crippen LogP contribution is 2.18. The monoisotopic (exact) mass is 147 g/mol. The van der Waals surface area contributed by atoms with Crippen LogP contribution in [0.5, 0.6) is 0 Å². The molecule has 0 fully saturated rings. The summed E-state index contributed by atoms with van der Waals surface area (Å²) in [6, 6.07) is 0. The van der Waals surface area contributed by atoms with Crippen molar-refractivity contribution in [3.63, 3.8) is 0 Å². The molecule has 0 saturated carbocycles. The van der Waals surface area contributed by atoms with E-state index >= 15 is 0 Å². The van der Waals surface area contributed by atoms with Crippen LogP contribution in [0.2, 0.25) is 0 Å². The molecule has 0 saturated heterocycles. The van der Waals surface area contributed by atoms with Gasteiger partial charge < -0.3 is 0 Å². The van der Waals surface area contributed by atoms with Crippen molar-refractivity contribution in [1.29, 1.82) is 0 Å². The quantitative estimate of drug-likeness (QED) is 0.478. The van der Waals surface area contributed by atoms with Gasteiger partial charge in [0, 0.05) is 10.7 Å². The Morgan fingerprint density at radius 2 is 2.36 bits per heavy atom. The van der Waals surface area contributed by atoms with Gasteiger partial charge in [-0.15, -0.1) is 0 Å². The Morgan fingerprint density at radius 3 is 3.27 bits per heavy atom. The van der Waals surface area contributed by atoms with E-state index < -0.39 is 0 Å². The second-order valence-corrected chi connectivity index (χ2v) is 2.43. The molecule has 0 bridgehead atoms. The smallest absolute Gasteiger partial charge is 0.0799 e. The maximum Gasteiger partial charge on any atom is 0.267 e. The first kappa shape index (κ1) is 6.22. The zero-order valence-electron chi connectivity index (χ0n) is 5.90. The number of hydrogen-bond donors (Lipinski definition) is 0. The Morgan fingerprint density at radius 1 is 1.45 bits per heavy atom. The van der Waals surface area contributed by atoms with Crippen molar-refractivity contribution in [3.8, 4) is 0 Å². The van der Waals surface area contributed by atoms with Crippen molar-refractivity contribution in [2.24, 2.45) is 5.10 Å². The minimum atomic E-state index is 0.572. The molecule has 0 atom stereocenters. The number of fused-ring (bicyclic) bond motifs is 1. The van der Waals surface area contributed by atoms with Gasteiger partial charge in [-0.1, -0.05) is 18.2 Å². The van der Waals surface area contributed by atoms with E-state index in [1.807, 2.05) is 18.2 Å². The molecule has 1 aliphatic heterocycles. The van der Waals surface area contributed by atoms with E-state index in [0.717, 1.165) is 17.6 Å². The third-order valence-electron chi connectivity index (χ3n) is 1.66. The topological polar surface area (TPSA) is 32.4 Å². The van der Waals surface area contributed by atoms with Crippen LogP contribution in [-0.4, -0.2) is 11.1 Å². The third kappa shape index (κ3) is 1.05. The van der Waals surface area contributed by atoms with Crippen LogP contribution in [0.3, 0.4) is 0 Å². The van der Waals surface area contributed by atoms with Crippen molar-refractivity contribution < 1.29 is 4.87 Å². The molecular weight excluding hydrogens is 140 g/mol. The maximum absolute atomic E-state index is 10.7. The van der Waals surface area contributed by atoms with Gasteiger partial charge in [-0.05, 0) is 6.42 Å². The minimum absolute atomic E-state index is 0.572. The number of hydrazone groups is 1. The molecule has 3 heteroatoms. The predicted octanol–water partition coefficient (Wildman–Crippen LogP) is 1.53. The largest absolute Gasteiger partial charge is 0.267 e. The molecule has 0 unspecified atom stereocenters. The molecule has 0 spiro atoms. The van der Waals surface area contributed by atoms with Crippen LogP contribution in [0.15, 0.2) is 40.7 Å². The van der Waals surface area contributed by atoms with Crippen molar-refractivity contribution in [3.05, 3.63) is 40.5 Å². The molecule has 11 heavy (non-hydrogen) atoms. The van der Waals surface area contributed by atoms with Crippen LogP contribution >= 0.6 is 0 Å². The van der Waals surface area contributed by atoms with E-state index in [-0.39, 0.29) is 0 Å². The lowest BCUT2D eigenvalue weighted by Crippen LogP contribution is -2.04. The summed E-state index contributed by atoms with van der Waals surface area (Å²) in [5, 5.41) is 3.59. The highest BCUT2D eigenvalue weighted by Gasteiger charge is 2.15. The summed E-state index contributed by atoms with van der Waals surface area (Å²) in [4.78, 5) is 11.3. The standard InChI is InChI=1S/C8H7N2O/c11-10-6-8-4-2-1-3-7(8)5-9-10/h2-6H,1H2/q+1. The average Bonchev–Trinajstić information content (AvgIpc) is 2.04. The molecule has 3 nitrogen and oxygen atoms in total. The Bertz CT molecular complexity index is 321. The van der Waals surface area contributed by atoms with Crippen LogP contribution in [0.1, 0.15) is 6.42 Å². The Balaban J connectivity index is 2.44. The van der Waals surface area contributed by atoms with Gasteiger partial charge >= 0.3 is 0 Å². The second kappa shape index (κ2) is 2.27. The van der Waals surface area contributed by atoms with Crippen molar-refractivity contribution in [2.45, 2.75) is 6.42 Å². The SMILES string of the molecule is O=[N+]1C=C2C=CCC=C2C=N1. The van der Waals surface area contributed by atoms with Gasteiger partial charge in [0.1, 0.15) is 6.21 Å². The maximum atomic E-state index is 10.7. The summed E-state index contributed by atoms with van der Waals surface area (Å²) >= 11 is 0. The number of allylic oxidation sites excluding steroid dienone is 5. The summed E-state index contributed by atoms with van der Waals surface area (Å²) in [6.07, 6.45) is 9.99. The molecule has 0 aromatic rings. The van der Waals surface area contributed by atoms with Crippen molar-refractivity contribution >= 4 is 6.21 Å². The Hall–Kier alpha value is -1.51. The van der Waals surface area contributed by atoms with Gasteiger partial charge in [0.25, 0.3) is 6.20 Å². The first-order valence-electron chi connectivity index (χ1n) is 3.45. The highest BCUT2D eigenvalue weighted by atomic mass is 16.3. The first-order valence-corrected chi connectivity index (χ1v) is 3.45. The zero-order chi connectivity index (χ0) is 7.68. The van der Waals surface area contributed by atoms with Gasteiger partial charge in [0.2, 0.25) is 0 Å². The van der Waals surface area contributed by atoms with Gasteiger partial charge in [-0.3, -0.25) is 0 Å². The van der Waals surface area contributed by atoms with Crippen LogP contribution in [0.25, 0.3) is 0 Å². The zero-order valence-corrected chi connectivity index (χ0v) is 5.90. The normalized spacial score (nSPS) is 20.9. The number of hydrogen-bond acceptors (Lipinski definition) is 1. The predicted molar refractivity (Wildman–Crippen MR) is 42.0 cm³/mol. The van der Waals surface area contributed by atoms with Gasteiger partial charge in [-0.25, -0.2) is 0 Å². The molecular formula is C8H7N2O+. The van der Waals surface area contributed by atoms with Crippen molar-refractivity contribution in [2.75, 3.05) is 0 Å². The van der Waals surface area contributed by atoms with Gasteiger partial charge in [-0.2, -0.15) is 0 Å². The molecule has 0 amide bonds. The van der Waals surface area contributed by atoms with Crippen LogP contribution in [0.4, 0.5) is 0 Å². The van der Waals surface area contributed by atoms with E-state index in [9.17, 15) is 4.91 Å². The first-order chi connectivity index (χ1) is 5.36. The fourth-order valence-electron chi connectivity index (χ4n) is 1.12. The molecule has 54 valence electrons. The molecule has 1 heterocycles. The average molecular weight is 147 g/mol. The molecule has 2 aliphatic rings. The number of nitroso groups, excluding NO2 is 1. The van der Waals surface area contributed by atoms with Crippen LogP contribution in [0, 0.1) is 4.91 Å². The summed E-state index contributed by atoms with van der Waals surface area (Å²) in [7, 11) is 0. The molecule has 0 aromatic heterocycles. The van der Waals surface area contributed by atoms with E-state index in [0.29, 0.717) is 4.87 Å². The van der Waals surface area contributed by atoms with Crippen LogP contribution in [-0.2, 0) is 0 Å². The Labute approximate surface area is 64.0 Å². The third-order valence-corrected chi connectivity index (χ3v) is 1.66. The van der Waals surface area contributed by atoms with E-state index in [4.69, 9.17) is 0 Å². The van der Waals surface area contributed by atoms with Crippen molar-refractivity contribution in [1.82, 2.24) is 0 Å². The van der Waals surface area contributed by atoms with Crippen LogP contribution < -0.4 is 0 Å². The minimum Gasteiger partial charge on any atom is -0.0799 e. The molecule has 0 N–H and O–H groups in total.